The van der Waals surface area contributed by atoms with Crippen molar-refractivity contribution in [1.82, 2.24) is 24.8 Å². The van der Waals surface area contributed by atoms with Crippen LogP contribution in [0.2, 0.25) is 0 Å². The van der Waals surface area contributed by atoms with Gasteiger partial charge >= 0.3 is 0 Å². The topological polar surface area (TPSA) is 65.2 Å². The molecule has 0 aliphatic heterocycles. The number of hydrogen-bond acceptors (Lipinski definition) is 6. The number of hydrogen-bond donors (Lipinski definition) is 0. The van der Waals surface area contributed by atoms with Crippen molar-refractivity contribution in [3.63, 3.8) is 0 Å². The summed E-state index contributed by atoms with van der Waals surface area (Å²) in [6, 6.07) is 11.5. The molecule has 0 bridgehead atoms. The van der Waals surface area contributed by atoms with E-state index in [1.54, 1.807) is 16.9 Å². The first-order valence-electron chi connectivity index (χ1n) is 6.79. The van der Waals surface area contributed by atoms with Crippen LogP contribution in [0.1, 0.15) is 5.01 Å². The average molecular weight is 388 g/mol. The van der Waals surface area contributed by atoms with Gasteiger partial charge in [-0.05, 0) is 36.4 Å². The molecule has 3 aromatic heterocycles. The Kier molecular flexibility index (Phi) is 3.76. The number of halogens is 1. The zero-order chi connectivity index (χ0) is 15.6. The molecule has 0 spiro atoms. The van der Waals surface area contributed by atoms with Crippen molar-refractivity contribution in [2.75, 3.05) is 0 Å². The molecule has 0 saturated heterocycles. The van der Waals surface area contributed by atoms with Crippen LogP contribution in [0.5, 0.6) is 5.75 Å². The molecule has 0 amide bonds. The number of benzene rings is 1. The van der Waals surface area contributed by atoms with E-state index >= 15 is 0 Å². The molecule has 0 unspecified atom stereocenters. The smallest absolute Gasteiger partial charge is 0.235 e. The van der Waals surface area contributed by atoms with Crippen molar-refractivity contribution in [2.45, 2.75) is 6.61 Å². The standard InChI is InChI=1S/C15H10BrN5OS/c16-11-1-3-12(4-2-11)22-9-13-20-21-14(18-19-15(21)23-13)10-5-7-17-8-6-10/h1-8H,9H2. The van der Waals surface area contributed by atoms with Crippen LogP contribution in [-0.4, -0.2) is 24.8 Å². The summed E-state index contributed by atoms with van der Waals surface area (Å²) in [6.45, 7) is 0.394. The lowest BCUT2D eigenvalue weighted by Gasteiger charge is -2.03. The second kappa shape index (κ2) is 6.05. The molecule has 0 fully saturated rings. The number of nitrogens with zero attached hydrogens (tertiary/aromatic N) is 5. The predicted molar refractivity (Wildman–Crippen MR) is 90.4 cm³/mol. The van der Waals surface area contributed by atoms with Crippen molar-refractivity contribution in [2.24, 2.45) is 0 Å². The Morgan fingerprint density at radius 2 is 1.83 bits per heavy atom. The molecular weight excluding hydrogens is 378 g/mol. The van der Waals surface area contributed by atoms with E-state index in [9.17, 15) is 0 Å². The third-order valence-electron chi connectivity index (χ3n) is 3.15. The molecule has 23 heavy (non-hydrogen) atoms. The van der Waals surface area contributed by atoms with Crippen molar-refractivity contribution < 1.29 is 4.74 Å². The third kappa shape index (κ3) is 2.95. The number of fused-ring (bicyclic) bond motifs is 1. The summed E-state index contributed by atoms with van der Waals surface area (Å²) in [7, 11) is 0. The summed E-state index contributed by atoms with van der Waals surface area (Å²) in [6.07, 6.45) is 3.45. The maximum Gasteiger partial charge on any atom is 0.235 e. The fourth-order valence-corrected chi connectivity index (χ4v) is 3.08. The minimum atomic E-state index is 0.394. The maximum absolute atomic E-state index is 5.75. The molecule has 0 aliphatic carbocycles. The minimum absolute atomic E-state index is 0.394. The highest BCUT2D eigenvalue weighted by molar-refractivity contribution is 9.10. The van der Waals surface area contributed by atoms with Gasteiger partial charge in [-0.15, -0.1) is 10.2 Å². The molecule has 114 valence electrons. The Morgan fingerprint density at radius 3 is 2.61 bits per heavy atom. The molecule has 6 nitrogen and oxygen atoms in total. The molecule has 0 aliphatic rings. The lowest BCUT2D eigenvalue weighted by atomic mass is 10.2. The molecule has 8 heteroatoms. The Balaban J connectivity index is 1.57. The normalized spacial score (nSPS) is 11.0. The fraction of sp³-hybridized carbons (Fsp3) is 0.0667. The van der Waals surface area contributed by atoms with Crippen molar-refractivity contribution in [3.8, 4) is 17.1 Å². The Morgan fingerprint density at radius 1 is 1.04 bits per heavy atom. The monoisotopic (exact) mass is 387 g/mol. The van der Waals surface area contributed by atoms with Crippen LogP contribution in [0.3, 0.4) is 0 Å². The number of aromatic nitrogens is 5. The first kappa shape index (κ1) is 14.3. The molecule has 0 atom stereocenters. The molecule has 4 aromatic rings. The Hall–Kier alpha value is -2.32. The average Bonchev–Trinajstić information content (AvgIpc) is 3.15. The van der Waals surface area contributed by atoms with Gasteiger partial charge < -0.3 is 4.74 Å². The van der Waals surface area contributed by atoms with E-state index in [4.69, 9.17) is 4.74 Å². The van der Waals surface area contributed by atoms with E-state index in [-0.39, 0.29) is 0 Å². The second-order valence-corrected chi connectivity index (χ2v) is 6.65. The van der Waals surface area contributed by atoms with E-state index in [1.807, 2.05) is 36.4 Å². The first-order valence-corrected chi connectivity index (χ1v) is 8.40. The van der Waals surface area contributed by atoms with E-state index in [1.165, 1.54) is 11.3 Å². The van der Waals surface area contributed by atoms with Gasteiger partial charge in [0.25, 0.3) is 0 Å². The summed E-state index contributed by atoms with van der Waals surface area (Å²) in [5.41, 5.74) is 0.929. The summed E-state index contributed by atoms with van der Waals surface area (Å²) in [5.74, 6) is 1.50. The lowest BCUT2D eigenvalue weighted by Crippen LogP contribution is -1.97. The highest BCUT2D eigenvalue weighted by Crippen LogP contribution is 2.22. The Labute approximate surface area is 143 Å². The van der Waals surface area contributed by atoms with Gasteiger partial charge in [-0.1, -0.05) is 27.3 Å². The lowest BCUT2D eigenvalue weighted by molar-refractivity contribution is 0.304. The molecule has 3 heterocycles. The van der Waals surface area contributed by atoms with Crippen LogP contribution >= 0.6 is 27.3 Å². The zero-order valence-electron chi connectivity index (χ0n) is 11.8. The Bertz CT molecular complexity index is 936. The van der Waals surface area contributed by atoms with Gasteiger partial charge in [0.2, 0.25) is 4.96 Å². The van der Waals surface area contributed by atoms with Crippen molar-refractivity contribution in [3.05, 3.63) is 58.3 Å². The van der Waals surface area contributed by atoms with Crippen molar-refractivity contribution in [1.29, 1.82) is 0 Å². The molecule has 0 radical (unpaired) electrons. The third-order valence-corrected chi connectivity index (χ3v) is 4.55. The van der Waals surface area contributed by atoms with Crippen LogP contribution < -0.4 is 4.74 Å². The number of pyridine rings is 1. The van der Waals surface area contributed by atoms with Crippen LogP contribution in [0.25, 0.3) is 16.3 Å². The van der Waals surface area contributed by atoms with Gasteiger partial charge in [-0.25, -0.2) is 0 Å². The van der Waals surface area contributed by atoms with E-state index in [0.29, 0.717) is 12.4 Å². The van der Waals surface area contributed by atoms with Gasteiger partial charge in [-0.3, -0.25) is 4.98 Å². The summed E-state index contributed by atoms with van der Waals surface area (Å²) < 4.78 is 8.50. The largest absolute Gasteiger partial charge is 0.486 e. The summed E-state index contributed by atoms with van der Waals surface area (Å²) in [4.78, 5) is 4.75. The van der Waals surface area contributed by atoms with E-state index < -0.39 is 0 Å². The highest BCUT2D eigenvalue weighted by atomic mass is 79.9. The van der Waals surface area contributed by atoms with Crippen LogP contribution in [0, 0.1) is 0 Å². The van der Waals surface area contributed by atoms with Crippen LogP contribution in [0.4, 0.5) is 0 Å². The minimum Gasteiger partial charge on any atom is -0.486 e. The number of ether oxygens (including phenoxy) is 1. The van der Waals surface area contributed by atoms with Crippen LogP contribution in [0.15, 0.2) is 53.3 Å². The zero-order valence-corrected chi connectivity index (χ0v) is 14.2. The fourth-order valence-electron chi connectivity index (χ4n) is 2.07. The summed E-state index contributed by atoms with van der Waals surface area (Å²) >= 11 is 4.86. The molecule has 0 N–H and O–H groups in total. The van der Waals surface area contributed by atoms with Gasteiger partial charge in [0.05, 0.1) is 0 Å². The quantitative estimate of drug-likeness (QED) is 0.535. The van der Waals surface area contributed by atoms with Gasteiger partial charge in [0, 0.05) is 22.4 Å². The van der Waals surface area contributed by atoms with Gasteiger partial charge in [0.1, 0.15) is 12.4 Å². The van der Waals surface area contributed by atoms with E-state index in [0.717, 1.165) is 25.8 Å². The first-order chi connectivity index (χ1) is 11.3. The second-order valence-electron chi connectivity index (χ2n) is 4.69. The van der Waals surface area contributed by atoms with E-state index in [2.05, 4.69) is 36.2 Å². The predicted octanol–water partition coefficient (Wildman–Crippen LogP) is 3.59. The highest BCUT2D eigenvalue weighted by Gasteiger charge is 2.13. The molecule has 1 aromatic carbocycles. The molecule has 4 rings (SSSR count). The van der Waals surface area contributed by atoms with Gasteiger partial charge in [0.15, 0.2) is 10.8 Å². The van der Waals surface area contributed by atoms with Gasteiger partial charge in [-0.2, -0.15) is 9.61 Å². The maximum atomic E-state index is 5.75. The van der Waals surface area contributed by atoms with Crippen molar-refractivity contribution >= 4 is 32.2 Å². The summed E-state index contributed by atoms with van der Waals surface area (Å²) in [5, 5.41) is 13.7. The van der Waals surface area contributed by atoms with Crippen LogP contribution in [-0.2, 0) is 6.61 Å². The number of rotatable bonds is 4. The molecular formula is C15H10BrN5OS. The SMILES string of the molecule is Brc1ccc(OCc2nn3c(-c4ccncc4)nnc3s2)cc1. The molecule has 0 saturated carbocycles.